The minimum absolute atomic E-state index is 0.165. The number of fused-ring (bicyclic) bond motifs is 3. The fourth-order valence-electron chi connectivity index (χ4n) is 3.19. The number of rotatable bonds is 3. The fourth-order valence-corrected chi connectivity index (χ4v) is 3.19. The van der Waals surface area contributed by atoms with Crippen molar-refractivity contribution in [2.24, 2.45) is 5.92 Å². The van der Waals surface area contributed by atoms with Crippen molar-refractivity contribution in [2.75, 3.05) is 32.0 Å². The van der Waals surface area contributed by atoms with Crippen LogP contribution in [0, 0.1) is 11.7 Å². The topological polar surface area (TPSA) is 57.3 Å². The number of halogens is 1. The van der Waals surface area contributed by atoms with E-state index in [0.29, 0.717) is 11.7 Å². The Bertz CT molecular complexity index is 514. The molecule has 3 saturated heterocycles. The molecule has 1 amide bonds. The normalized spacial score (nSPS) is 28.2. The minimum atomic E-state index is -0.497. The van der Waals surface area contributed by atoms with Gasteiger partial charge in [0.2, 0.25) is 0 Å². The zero-order valence-electron chi connectivity index (χ0n) is 11.5. The molecule has 3 aliphatic heterocycles. The number of piperidine rings is 3. The summed E-state index contributed by atoms with van der Waals surface area (Å²) in [6.07, 6.45) is 3.37. The van der Waals surface area contributed by atoms with E-state index >= 15 is 0 Å². The van der Waals surface area contributed by atoms with Gasteiger partial charge in [0.25, 0.3) is 5.91 Å². The molecule has 0 spiro atoms. The highest BCUT2D eigenvalue weighted by atomic mass is 19.1. The summed E-state index contributed by atoms with van der Waals surface area (Å²) in [7, 11) is 1.67. The van der Waals surface area contributed by atoms with Gasteiger partial charge in [0.15, 0.2) is 0 Å². The average Bonchev–Trinajstić information content (AvgIpc) is 2.48. The monoisotopic (exact) mass is 278 g/mol. The van der Waals surface area contributed by atoms with E-state index < -0.39 is 5.82 Å². The van der Waals surface area contributed by atoms with Crippen molar-refractivity contribution < 1.29 is 9.18 Å². The quantitative estimate of drug-likeness (QED) is 0.869. The second kappa shape index (κ2) is 5.36. The number of carbonyl (C=O) groups is 1. The molecule has 3 fully saturated rings. The number of nitrogens with zero attached hydrogens (tertiary/aromatic N) is 2. The number of nitrogens with one attached hydrogen (secondary N) is 2. The highest BCUT2D eigenvalue weighted by Gasteiger charge is 2.35. The Balaban J connectivity index is 1.75. The Hall–Kier alpha value is -1.69. The number of hydrogen-bond acceptors (Lipinski definition) is 4. The van der Waals surface area contributed by atoms with Crippen molar-refractivity contribution in [1.82, 2.24) is 15.2 Å². The summed E-state index contributed by atoms with van der Waals surface area (Å²) >= 11 is 0. The predicted octanol–water partition coefficient (Wildman–Crippen LogP) is 1.09. The summed E-state index contributed by atoms with van der Waals surface area (Å²) in [4.78, 5) is 18.6. The second-order valence-electron chi connectivity index (χ2n) is 5.52. The van der Waals surface area contributed by atoms with Gasteiger partial charge in [-0.2, -0.15) is 0 Å². The third-order valence-corrected chi connectivity index (χ3v) is 4.31. The van der Waals surface area contributed by atoms with Crippen LogP contribution in [0.25, 0.3) is 0 Å². The number of hydrogen-bond donors (Lipinski definition) is 2. The molecular formula is C14H19FN4O. The van der Waals surface area contributed by atoms with E-state index in [0.717, 1.165) is 38.7 Å². The molecule has 2 bridgehead atoms. The number of aromatic nitrogens is 1. The predicted molar refractivity (Wildman–Crippen MR) is 74.2 cm³/mol. The first-order valence-electron chi connectivity index (χ1n) is 7.04. The van der Waals surface area contributed by atoms with Crippen molar-refractivity contribution in [3.05, 3.63) is 23.6 Å². The molecular weight excluding hydrogens is 259 g/mol. The standard InChI is InChI=1S/C14H19FN4O/c1-16-13-11(6-10(15)7-17-13)14(20)18-12-8-19-4-2-9(12)3-5-19/h6-7,9,12H,2-5,8H2,1H3,(H,16,17)(H,18,20). The van der Waals surface area contributed by atoms with Gasteiger partial charge in [0, 0.05) is 19.6 Å². The van der Waals surface area contributed by atoms with Crippen LogP contribution in [0.4, 0.5) is 10.2 Å². The van der Waals surface area contributed by atoms with Gasteiger partial charge in [-0.05, 0) is 37.9 Å². The van der Waals surface area contributed by atoms with Crippen molar-refractivity contribution in [3.8, 4) is 0 Å². The fraction of sp³-hybridized carbons (Fsp3) is 0.571. The van der Waals surface area contributed by atoms with Crippen LogP contribution in [0.3, 0.4) is 0 Å². The van der Waals surface area contributed by atoms with E-state index in [1.54, 1.807) is 7.05 Å². The Labute approximate surface area is 117 Å². The molecule has 1 atom stereocenters. The number of carbonyl (C=O) groups excluding carboxylic acids is 1. The highest BCUT2D eigenvalue weighted by Crippen LogP contribution is 2.27. The molecule has 4 rings (SSSR count). The molecule has 0 aliphatic carbocycles. The third-order valence-electron chi connectivity index (χ3n) is 4.31. The molecule has 5 nitrogen and oxygen atoms in total. The molecule has 0 aromatic carbocycles. The minimum Gasteiger partial charge on any atom is -0.372 e. The SMILES string of the molecule is CNc1ncc(F)cc1C(=O)NC1CN2CCC1CC2. The molecule has 6 heteroatoms. The molecule has 1 unspecified atom stereocenters. The van der Waals surface area contributed by atoms with Crippen molar-refractivity contribution >= 4 is 11.7 Å². The largest absolute Gasteiger partial charge is 0.372 e. The summed E-state index contributed by atoms with van der Waals surface area (Å²) in [5.41, 5.74) is 0.268. The average molecular weight is 278 g/mol. The Morgan fingerprint density at radius 1 is 1.45 bits per heavy atom. The summed E-state index contributed by atoms with van der Waals surface area (Å²) < 4.78 is 13.3. The van der Waals surface area contributed by atoms with E-state index in [1.165, 1.54) is 6.07 Å². The van der Waals surface area contributed by atoms with E-state index in [1.807, 2.05) is 0 Å². The first kappa shape index (κ1) is 13.3. The maximum atomic E-state index is 13.3. The van der Waals surface area contributed by atoms with Gasteiger partial charge < -0.3 is 15.5 Å². The smallest absolute Gasteiger partial charge is 0.255 e. The molecule has 2 N–H and O–H groups in total. The molecule has 4 heterocycles. The lowest BCUT2D eigenvalue weighted by molar-refractivity contribution is 0.0620. The zero-order chi connectivity index (χ0) is 14.1. The van der Waals surface area contributed by atoms with Gasteiger partial charge in [-0.15, -0.1) is 0 Å². The van der Waals surface area contributed by atoms with E-state index in [-0.39, 0.29) is 17.5 Å². The lowest BCUT2D eigenvalue weighted by atomic mass is 9.84. The molecule has 108 valence electrons. The van der Waals surface area contributed by atoms with Gasteiger partial charge in [0.05, 0.1) is 11.8 Å². The maximum absolute atomic E-state index is 13.3. The zero-order valence-corrected chi connectivity index (χ0v) is 11.5. The Morgan fingerprint density at radius 3 is 2.80 bits per heavy atom. The number of anilines is 1. The number of pyridine rings is 1. The van der Waals surface area contributed by atoms with E-state index in [9.17, 15) is 9.18 Å². The third kappa shape index (κ3) is 2.47. The molecule has 20 heavy (non-hydrogen) atoms. The second-order valence-corrected chi connectivity index (χ2v) is 5.52. The van der Waals surface area contributed by atoms with Crippen LogP contribution in [0.5, 0.6) is 0 Å². The van der Waals surface area contributed by atoms with Crippen molar-refractivity contribution in [3.63, 3.8) is 0 Å². The molecule has 3 aliphatic rings. The first-order valence-corrected chi connectivity index (χ1v) is 7.04. The van der Waals surface area contributed by atoms with Crippen LogP contribution in [-0.2, 0) is 0 Å². The molecule has 0 saturated carbocycles. The van der Waals surface area contributed by atoms with Crippen LogP contribution >= 0.6 is 0 Å². The van der Waals surface area contributed by atoms with E-state index in [4.69, 9.17) is 0 Å². The first-order chi connectivity index (χ1) is 9.67. The lowest BCUT2D eigenvalue weighted by Gasteiger charge is -2.44. The summed E-state index contributed by atoms with van der Waals surface area (Å²) in [5, 5.41) is 5.87. The van der Waals surface area contributed by atoms with Crippen LogP contribution < -0.4 is 10.6 Å². The Kier molecular flexibility index (Phi) is 3.56. The van der Waals surface area contributed by atoms with Gasteiger partial charge in [-0.3, -0.25) is 4.79 Å². The van der Waals surface area contributed by atoms with Gasteiger partial charge in [0.1, 0.15) is 11.6 Å². The van der Waals surface area contributed by atoms with Crippen LogP contribution in [0.1, 0.15) is 23.2 Å². The highest BCUT2D eigenvalue weighted by molar-refractivity contribution is 5.98. The summed E-state index contributed by atoms with van der Waals surface area (Å²) in [5.74, 6) is 0.205. The van der Waals surface area contributed by atoms with E-state index in [2.05, 4.69) is 20.5 Å². The lowest BCUT2D eigenvalue weighted by Crippen LogP contribution is -2.57. The number of amides is 1. The van der Waals surface area contributed by atoms with Gasteiger partial charge >= 0.3 is 0 Å². The maximum Gasteiger partial charge on any atom is 0.255 e. The summed E-state index contributed by atoms with van der Waals surface area (Å²) in [6, 6.07) is 1.40. The Morgan fingerprint density at radius 2 is 2.20 bits per heavy atom. The van der Waals surface area contributed by atoms with Crippen molar-refractivity contribution in [2.45, 2.75) is 18.9 Å². The van der Waals surface area contributed by atoms with Crippen LogP contribution in [0.2, 0.25) is 0 Å². The van der Waals surface area contributed by atoms with Gasteiger partial charge in [-0.25, -0.2) is 9.37 Å². The summed E-state index contributed by atoms with van der Waals surface area (Å²) in [6.45, 7) is 3.15. The molecule has 0 radical (unpaired) electrons. The van der Waals surface area contributed by atoms with Crippen molar-refractivity contribution in [1.29, 1.82) is 0 Å². The van der Waals surface area contributed by atoms with Crippen LogP contribution in [0.15, 0.2) is 12.3 Å². The van der Waals surface area contributed by atoms with Crippen LogP contribution in [-0.4, -0.2) is 48.5 Å². The van der Waals surface area contributed by atoms with Gasteiger partial charge in [-0.1, -0.05) is 0 Å². The molecule has 1 aromatic heterocycles. The molecule has 1 aromatic rings.